The zero-order valence-electron chi connectivity index (χ0n) is 8.68. The number of hydrogen-bond donors (Lipinski definition) is 0. The van der Waals surface area contributed by atoms with Gasteiger partial charge < -0.3 is 4.74 Å². The Kier molecular flexibility index (Phi) is 3.41. The van der Waals surface area contributed by atoms with E-state index in [1.54, 1.807) is 13.2 Å². The third kappa shape index (κ3) is 2.73. The summed E-state index contributed by atoms with van der Waals surface area (Å²) in [6, 6.07) is 10.7. The molecule has 0 saturated heterocycles. The summed E-state index contributed by atoms with van der Waals surface area (Å²) in [6.07, 6.45) is 1.51. The average Bonchev–Trinajstić information content (AvgIpc) is 2.32. The highest BCUT2D eigenvalue weighted by molar-refractivity contribution is 7.99. The lowest BCUT2D eigenvalue weighted by atomic mass is 10.3. The van der Waals surface area contributed by atoms with Crippen molar-refractivity contribution in [2.75, 3.05) is 7.11 Å². The Morgan fingerprint density at radius 2 is 2.06 bits per heavy atom. The zero-order valence-corrected chi connectivity index (χ0v) is 9.50. The van der Waals surface area contributed by atoms with Crippen LogP contribution in [0, 0.1) is 5.95 Å². The molecule has 0 atom stereocenters. The van der Waals surface area contributed by atoms with Crippen LogP contribution in [0.5, 0.6) is 5.75 Å². The number of hydrogen-bond acceptors (Lipinski definition) is 3. The lowest BCUT2D eigenvalue weighted by molar-refractivity contribution is 0.413. The summed E-state index contributed by atoms with van der Waals surface area (Å²) in [5, 5.41) is 0. The normalized spacial score (nSPS) is 10.1. The molecular weight excluding hydrogens is 225 g/mol. The smallest absolute Gasteiger partial charge is 0.212 e. The van der Waals surface area contributed by atoms with Crippen molar-refractivity contribution in [3.63, 3.8) is 0 Å². The standard InChI is InChI=1S/C12H10FNOS/c1-15-9-3-2-4-10(7-9)16-11-5-6-12(13)14-8-11/h2-8H,1H3. The molecule has 2 nitrogen and oxygen atoms in total. The minimum atomic E-state index is -0.463. The summed E-state index contributed by atoms with van der Waals surface area (Å²) in [6.45, 7) is 0. The van der Waals surface area contributed by atoms with Gasteiger partial charge in [0.1, 0.15) is 5.75 Å². The van der Waals surface area contributed by atoms with Crippen LogP contribution in [0.15, 0.2) is 52.4 Å². The lowest BCUT2D eigenvalue weighted by Gasteiger charge is -2.03. The number of halogens is 1. The maximum Gasteiger partial charge on any atom is 0.212 e. The number of rotatable bonds is 3. The van der Waals surface area contributed by atoms with Gasteiger partial charge in [0.05, 0.1) is 7.11 Å². The van der Waals surface area contributed by atoms with E-state index in [-0.39, 0.29) is 0 Å². The minimum Gasteiger partial charge on any atom is -0.497 e. The van der Waals surface area contributed by atoms with Crippen molar-refractivity contribution < 1.29 is 9.13 Å². The number of aromatic nitrogens is 1. The van der Waals surface area contributed by atoms with Crippen LogP contribution < -0.4 is 4.74 Å². The summed E-state index contributed by atoms with van der Waals surface area (Å²) in [5.41, 5.74) is 0. The predicted octanol–water partition coefficient (Wildman–Crippen LogP) is 3.38. The highest BCUT2D eigenvalue weighted by Crippen LogP contribution is 2.29. The van der Waals surface area contributed by atoms with Crippen LogP contribution in [0.3, 0.4) is 0 Å². The second kappa shape index (κ2) is 4.99. The van der Waals surface area contributed by atoms with Crippen molar-refractivity contribution in [2.24, 2.45) is 0 Å². The number of benzene rings is 1. The van der Waals surface area contributed by atoms with Gasteiger partial charge in [-0.25, -0.2) is 4.98 Å². The van der Waals surface area contributed by atoms with Crippen molar-refractivity contribution in [3.8, 4) is 5.75 Å². The fraction of sp³-hybridized carbons (Fsp3) is 0.0833. The molecule has 2 rings (SSSR count). The first-order valence-electron chi connectivity index (χ1n) is 4.71. The van der Waals surface area contributed by atoms with Crippen molar-refractivity contribution in [3.05, 3.63) is 48.5 Å². The molecule has 0 saturated carbocycles. The Morgan fingerprint density at radius 1 is 1.19 bits per heavy atom. The third-order valence-electron chi connectivity index (χ3n) is 1.98. The van der Waals surface area contributed by atoms with E-state index in [4.69, 9.17) is 4.74 Å². The van der Waals surface area contributed by atoms with Gasteiger partial charge in [0.2, 0.25) is 5.95 Å². The maximum atomic E-state index is 12.6. The van der Waals surface area contributed by atoms with E-state index in [0.29, 0.717) is 0 Å². The molecule has 0 unspecified atom stereocenters. The third-order valence-corrected chi connectivity index (χ3v) is 2.94. The summed E-state index contributed by atoms with van der Waals surface area (Å²) in [5.74, 6) is 0.343. The summed E-state index contributed by atoms with van der Waals surface area (Å²) in [7, 11) is 1.63. The molecule has 16 heavy (non-hydrogen) atoms. The molecule has 4 heteroatoms. The predicted molar refractivity (Wildman–Crippen MR) is 61.3 cm³/mol. The van der Waals surface area contributed by atoms with Crippen molar-refractivity contribution in [1.29, 1.82) is 0 Å². The molecule has 0 aliphatic carbocycles. The summed E-state index contributed by atoms with van der Waals surface area (Å²) >= 11 is 1.52. The first-order chi connectivity index (χ1) is 7.78. The van der Waals surface area contributed by atoms with Crippen molar-refractivity contribution in [2.45, 2.75) is 9.79 Å². The van der Waals surface area contributed by atoms with Crippen LogP contribution in [0.2, 0.25) is 0 Å². The molecular formula is C12H10FNOS. The summed E-state index contributed by atoms with van der Waals surface area (Å²) in [4.78, 5) is 5.53. The molecule has 0 amide bonds. The molecule has 2 aromatic rings. The van der Waals surface area contributed by atoms with Gasteiger partial charge in [-0.2, -0.15) is 4.39 Å². The van der Waals surface area contributed by atoms with E-state index in [1.165, 1.54) is 24.0 Å². The van der Waals surface area contributed by atoms with Crippen LogP contribution in [0.25, 0.3) is 0 Å². The van der Waals surface area contributed by atoms with Crippen LogP contribution >= 0.6 is 11.8 Å². The van der Waals surface area contributed by atoms with Gasteiger partial charge in [-0.15, -0.1) is 0 Å². The first kappa shape index (κ1) is 11.0. The number of pyridine rings is 1. The molecule has 0 aliphatic heterocycles. The minimum absolute atomic E-state index is 0.463. The van der Waals surface area contributed by atoms with Crippen molar-refractivity contribution >= 4 is 11.8 Å². The lowest BCUT2D eigenvalue weighted by Crippen LogP contribution is -1.83. The van der Waals surface area contributed by atoms with Crippen LogP contribution in [-0.2, 0) is 0 Å². The van der Waals surface area contributed by atoms with Crippen LogP contribution in [0.4, 0.5) is 4.39 Å². The van der Waals surface area contributed by atoms with E-state index < -0.39 is 5.95 Å². The van der Waals surface area contributed by atoms with Gasteiger partial charge in [-0.05, 0) is 30.3 Å². The van der Waals surface area contributed by atoms with Gasteiger partial charge in [0.25, 0.3) is 0 Å². The highest BCUT2D eigenvalue weighted by Gasteiger charge is 2.00. The van der Waals surface area contributed by atoms with Crippen molar-refractivity contribution in [1.82, 2.24) is 4.98 Å². The van der Waals surface area contributed by atoms with E-state index in [1.807, 2.05) is 24.3 Å². The molecule has 1 aromatic carbocycles. The van der Waals surface area contributed by atoms with Gasteiger partial charge >= 0.3 is 0 Å². The second-order valence-electron chi connectivity index (χ2n) is 3.10. The molecule has 0 radical (unpaired) electrons. The number of ether oxygens (including phenoxy) is 1. The second-order valence-corrected chi connectivity index (χ2v) is 4.24. The average molecular weight is 235 g/mol. The fourth-order valence-electron chi connectivity index (χ4n) is 1.22. The topological polar surface area (TPSA) is 22.1 Å². The Balaban J connectivity index is 2.16. The van der Waals surface area contributed by atoms with E-state index >= 15 is 0 Å². The van der Waals surface area contributed by atoms with Gasteiger partial charge in [0, 0.05) is 16.0 Å². The molecule has 0 spiro atoms. The van der Waals surface area contributed by atoms with E-state index in [2.05, 4.69) is 4.98 Å². The summed E-state index contributed by atoms with van der Waals surface area (Å²) < 4.78 is 17.7. The van der Waals surface area contributed by atoms with E-state index in [0.717, 1.165) is 15.5 Å². The number of nitrogens with zero attached hydrogens (tertiary/aromatic N) is 1. The molecule has 82 valence electrons. The van der Waals surface area contributed by atoms with Crippen LogP contribution in [0.1, 0.15) is 0 Å². The largest absolute Gasteiger partial charge is 0.497 e. The van der Waals surface area contributed by atoms with E-state index in [9.17, 15) is 4.39 Å². The molecule has 0 bridgehead atoms. The van der Waals surface area contributed by atoms with Crippen LogP contribution in [-0.4, -0.2) is 12.1 Å². The Labute approximate surface area is 97.5 Å². The fourth-order valence-corrected chi connectivity index (χ4v) is 2.06. The molecule has 0 N–H and O–H groups in total. The maximum absolute atomic E-state index is 12.6. The van der Waals surface area contributed by atoms with Gasteiger partial charge in [0.15, 0.2) is 0 Å². The SMILES string of the molecule is COc1cccc(Sc2ccc(F)nc2)c1. The highest BCUT2D eigenvalue weighted by atomic mass is 32.2. The van der Waals surface area contributed by atoms with Gasteiger partial charge in [-0.1, -0.05) is 17.8 Å². The molecule has 1 heterocycles. The first-order valence-corrected chi connectivity index (χ1v) is 5.53. The molecule has 0 fully saturated rings. The monoisotopic (exact) mass is 235 g/mol. The Morgan fingerprint density at radius 3 is 2.75 bits per heavy atom. The Hall–Kier alpha value is -1.55. The Bertz CT molecular complexity index is 473. The zero-order chi connectivity index (χ0) is 11.4. The quantitative estimate of drug-likeness (QED) is 0.761. The number of methoxy groups -OCH3 is 1. The van der Waals surface area contributed by atoms with Gasteiger partial charge in [-0.3, -0.25) is 0 Å². The molecule has 0 aliphatic rings. The molecule has 1 aromatic heterocycles.